The average Bonchev–Trinajstić information content (AvgIpc) is 3.28. The lowest BCUT2D eigenvalue weighted by atomic mass is 9.94. The number of ether oxygens (including phenoxy) is 1. The molecule has 0 fully saturated rings. The molecule has 34 heavy (non-hydrogen) atoms. The van der Waals surface area contributed by atoms with Gasteiger partial charge in [0.25, 0.3) is 5.89 Å². The number of nitrogens with one attached hydrogen (secondary N) is 1. The van der Waals surface area contributed by atoms with E-state index in [0.717, 1.165) is 40.9 Å². The van der Waals surface area contributed by atoms with Gasteiger partial charge in [0.05, 0.1) is 18.7 Å². The standard InChI is InChI=1S/C26H30N4O3S/c1-15(2)11-12-30-17(4)22(25-28-24(29-33-25)19-8-6-7-16(3)13-19)23(27-26(30)34)18-9-10-21(32-5)20(31)14-18/h6-10,13-15,23,31H,11-12H2,1-5H3,(H,27,34). The van der Waals surface area contributed by atoms with Gasteiger partial charge in [-0.05, 0) is 62.2 Å². The van der Waals surface area contributed by atoms with Gasteiger partial charge in [-0.25, -0.2) is 0 Å². The molecule has 2 N–H and O–H groups in total. The van der Waals surface area contributed by atoms with Gasteiger partial charge in [0, 0.05) is 17.8 Å². The normalized spacial score (nSPS) is 16.2. The van der Waals surface area contributed by atoms with E-state index in [-0.39, 0.29) is 11.8 Å². The van der Waals surface area contributed by atoms with Gasteiger partial charge in [-0.2, -0.15) is 4.98 Å². The van der Waals surface area contributed by atoms with Crippen molar-refractivity contribution in [2.24, 2.45) is 5.92 Å². The molecule has 178 valence electrons. The van der Waals surface area contributed by atoms with Gasteiger partial charge in [-0.3, -0.25) is 0 Å². The fourth-order valence-corrected chi connectivity index (χ4v) is 4.43. The highest BCUT2D eigenvalue weighted by Gasteiger charge is 2.34. The van der Waals surface area contributed by atoms with Gasteiger partial charge in [0.15, 0.2) is 16.6 Å². The van der Waals surface area contributed by atoms with Gasteiger partial charge < -0.3 is 24.6 Å². The second-order valence-corrected chi connectivity index (χ2v) is 9.33. The van der Waals surface area contributed by atoms with Crippen LogP contribution in [0.25, 0.3) is 17.0 Å². The fourth-order valence-electron chi connectivity index (χ4n) is 4.09. The molecule has 1 aliphatic rings. The maximum absolute atomic E-state index is 10.4. The minimum Gasteiger partial charge on any atom is -0.504 e. The van der Waals surface area contributed by atoms with Crippen LogP contribution in [-0.2, 0) is 0 Å². The summed E-state index contributed by atoms with van der Waals surface area (Å²) >= 11 is 5.74. The maximum atomic E-state index is 10.4. The van der Waals surface area contributed by atoms with Gasteiger partial charge in [-0.1, -0.05) is 48.8 Å². The van der Waals surface area contributed by atoms with Gasteiger partial charge in [-0.15, -0.1) is 0 Å². The first-order valence-corrected chi connectivity index (χ1v) is 11.8. The lowest BCUT2D eigenvalue weighted by Crippen LogP contribution is -2.46. The minimum atomic E-state index is -0.370. The van der Waals surface area contributed by atoms with E-state index in [2.05, 4.69) is 29.2 Å². The molecular formula is C26H30N4O3S. The van der Waals surface area contributed by atoms with Gasteiger partial charge in [0.2, 0.25) is 5.82 Å². The Morgan fingerprint density at radius 2 is 2.00 bits per heavy atom. The molecule has 8 heteroatoms. The molecule has 2 aromatic carbocycles. The van der Waals surface area contributed by atoms with Crippen LogP contribution < -0.4 is 10.1 Å². The van der Waals surface area contributed by atoms with E-state index in [4.69, 9.17) is 26.5 Å². The molecule has 1 atom stereocenters. The molecule has 0 amide bonds. The summed E-state index contributed by atoms with van der Waals surface area (Å²) < 4.78 is 11.0. The Morgan fingerprint density at radius 1 is 1.21 bits per heavy atom. The highest BCUT2D eigenvalue weighted by Crippen LogP contribution is 2.40. The minimum absolute atomic E-state index is 0.0536. The van der Waals surface area contributed by atoms with Crippen molar-refractivity contribution in [3.63, 3.8) is 0 Å². The zero-order chi connectivity index (χ0) is 24.4. The highest BCUT2D eigenvalue weighted by molar-refractivity contribution is 7.80. The largest absolute Gasteiger partial charge is 0.504 e. The van der Waals surface area contributed by atoms with Crippen LogP contribution in [0, 0.1) is 12.8 Å². The van der Waals surface area contributed by atoms with Crippen molar-refractivity contribution in [3.05, 3.63) is 65.2 Å². The third-order valence-corrected chi connectivity index (χ3v) is 6.33. The van der Waals surface area contributed by atoms with Crippen LogP contribution in [-0.4, -0.2) is 38.9 Å². The van der Waals surface area contributed by atoms with E-state index < -0.39 is 0 Å². The third kappa shape index (κ3) is 4.77. The van der Waals surface area contributed by atoms with Crippen LogP contribution in [0.4, 0.5) is 0 Å². The van der Waals surface area contributed by atoms with Crippen molar-refractivity contribution >= 4 is 22.9 Å². The Hall–Kier alpha value is -3.39. The fraction of sp³-hybridized carbons (Fsp3) is 0.346. The number of rotatable bonds is 7. The van der Waals surface area contributed by atoms with Crippen LogP contribution in [0.5, 0.6) is 11.5 Å². The number of hydrogen-bond donors (Lipinski definition) is 2. The molecule has 1 aliphatic heterocycles. The average molecular weight is 479 g/mol. The molecule has 0 saturated heterocycles. The molecule has 7 nitrogen and oxygen atoms in total. The lowest BCUT2D eigenvalue weighted by molar-refractivity contribution is 0.372. The summed E-state index contributed by atoms with van der Waals surface area (Å²) in [6, 6.07) is 12.9. The molecule has 4 rings (SSSR count). The number of aromatic hydroxyl groups is 1. The van der Waals surface area contributed by atoms with E-state index in [0.29, 0.717) is 28.5 Å². The van der Waals surface area contributed by atoms with Crippen molar-refractivity contribution in [1.82, 2.24) is 20.4 Å². The number of phenolic OH excluding ortho intramolecular Hbond substituents is 1. The zero-order valence-corrected chi connectivity index (χ0v) is 20.9. The van der Waals surface area contributed by atoms with E-state index in [9.17, 15) is 5.11 Å². The Labute approximate surface area is 205 Å². The first-order chi connectivity index (χ1) is 16.3. The molecule has 0 radical (unpaired) electrons. The molecular weight excluding hydrogens is 448 g/mol. The second-order valence-electron chi connectivity index (χ2n) is 8.94. The number of thiocarbonyl (C=S) groups is 1. The predicted molar refractivity (Wildman–Crippen MR) is 136 cm³/mol. The number of allylic oxidation sites excluding steroid dienone is 1. The Balaban J connectivity index is 1.80. The van der Waals surface area contributed by atoms with Gasteiger partial charge >= 0.3 is 0 Å². The number of aryl methyl sites for hydroxylation is 1. The summed E-state index contributed by atoms with van der Waals surface area (Å²) in [5.41, 5.74) is 4.60. The first kappa shape index (κ1) is 23.8. The van der Waals surface area contributed by atoms with Crippen molar-refractivity contribution in [1.29, 1.82) is 0 Å². The SMILES string of the molecule is COc1ccc(C2NC(=S)N(CCC(C)C)C(C)=C2c2nc(-c3cccc(C)c3)no2)cc1O. The number of aromatic nitrogens is 2. The smallest absolute Gasteiger partial charge is 0.258 e. The van der Waals surface area contributed by atoms with Crippen molar-refractivity contribution < 1.29 is 14.4 Å². The Morgan fingerprint density at radius 3 is 2.68 bits per heavy atom. The number of nitrogens with zero attached hydrogens (tertiary/aromatic N) is 3. The monoisotopic (exact) mass is 478 g/mol. The molecule has 1 unspecified atom stereocenters. The highest BCUT2D eigenvalue weighted by atomic mass is 32.1. The topological polar surface area (TPSA) is 83.7 Å². The summed E-state index contributed by atoms with van der Waals surface area (Å²) in [4.78, 5) is 6.83. The van der Waals surface area contributed by atoms with Crippen LogP contribution in [0.15, 0.2) is 52.7 Å². The maximum Gasteiger partial charge on any atom is 0.258 e. The summed E-state index contributed by atoms with van der Waals surface area (Å²) in [7, 11) is 1.52. The third-order valence-electron chi connectivity index (χ3n) is 6.00. The van der Waals surface area contributed by atoms with E-state index in [1.165, 1.54) is 7.11 Å². The van der Waals surface area contributed by atoms with Crippen molar-refractivity contribution in [3.8, 4) is 22.9 Å². The quantitative estimate of drug-likeness (QED) is 0.433. The molecule has 0 saturated carbocycles. The zero-order valence-electron chi connectivity index (χ0n) is 20.1. The Kier molecular flexibility index (Phi) is 6.88. The lowest BCUT2D eigenvalue weighted by Gasteiger charge is -2.37. The van der Waals surface area contributed by atoms with E-state index >= 15 is 0 Å². The predicted octanol–water partition coefficient (Wildman–Crippen LogP) is 5.47. The summed E-state index contributed by atoms with van der Waals surface area (Å²) in [6.07, 6.45) is 0.985. The molecule has 0 aliphatic carbocycles. The summed E-state index contributed by atoms with van der Waals surface area (Å²) in [6.45, 7) is 9.21. The Bertz CT molecular complexity index is 1230. The van der Waals surface area contributed by atoms with Crippen LogP contribution in [0.1, 0.15) is 50.3 Å². The summed E-state index contributed by atoms with van der Waals surface area (Å²) in [5.74, 6) is 1.93. The molecule has 2 heterocycles. The van der Waals surface area contributed by atoms with Crippen LogP contribution in [0.3, 0.4) is 0 Å². The first-order valence-electron chi connectivity index (χ1n) is 11.3. The van der Waals surface area contributed by atoms with E-state index in [1.54, 1.807) is 12.1 Å². The number of benzene rings is 2. The second kappa shape index (κ2) is 9.85. The van der Waals surface area contributed by atoms with Crippen molar-refractivity contribution in [2.45, 2.75) is 40.2 Å². The molecule has 1 aromatic heterocycles. The number of methoxy groups -OCH3 is 1. The molecule has 0 spiro atoms. The van der Waals surface area contributed by atoms with Crippen LogP contribution in [0.2, 0.25) is 0 Å². The number of phenols is 1. The molecule has 3 aromatic rings. The van der Waals surface area contributed by atoms with Crippen LogP contribution >= 0.6 is 12.2 Å². The molecule has 0 bridgehead atoms. The van der Waals surface area contributed by atoms with E-state index in [1.807, 2.05) is 44.2 Å². The number of hydrogen-bond acceptors (Lipinski definition) is 6. The van der Waals surface area contributed by atoms with Gasteiger partial charge in [0.1, 0.15) is 0 Å². The summed E-state index contributed by atoms with van der Waals surface area (Å²) in [5, 5.41) is 18.7. The van der Waals surface area contributed by atoms with Crippen molar-refractivity contribution in [2.75, 3.05) is 13.7 Å².